The average molecular weight is 393 g/mol. The third-order valence-corrected chi connectivity index (χ3v) is 5.54. The van der Waals surface area contributed by atoms with Crippen molar-refractivity contribution in [2.24, 2.45) is 0 Å². The molecule has 152 valence electrons. The van der Waals surface area contributed by atoms with E-state index in [1.165, 1.54) is 19.3 Å². The van der Waals surface area contributed by atoms with Crippen LogP contribution < -0.4 is 14.9 Å². The predicted octanol–water partition coefficient (Wildman–Crippen LogP) is 4.64. The molecular weight excluding hydrogens is 366 g/mol. The second-order valence-electron chi connectivity index (χ2n) is 7.50. The van der Waals surface area contributed by atoms with E-state index in [2.05, 4.69) is 4.90 Å². The summed E-state index contributed by atoms with van der Waals surface area (Å²) in [6.07, 6.45) is 3.88. The number of rotatable bonds is 6. The highest BCUT2D eigenvalue weighted by Crippen LogP contribution is 2.27. The number of likely N-dealkylation sites (tertiary alicyclic amines) is 1. The molecule has 0 saturated carbocycles. The second kappa shape index (κ2) is 8.70. The lowest BCUT2D eigenvalue weighted by atomic mass is 10.0. The van der Waals surface area contributed by atoms with Crippen LogP contribution in [0.3, 0.4) is 0 Å². The number of ether oxygens (including phenoxy) is 2. The van der Waals surface area contributed by atoms with Crippen LogP contribution in [0.25, 0.3) is 22.1 Å². The zero-order chi connectivity index (χ0) is 20.2. The Morgan fingerprint density at radius 3 is 2.45 bits per heavy atom. The normalized spacial score (nSPS) is 14.8. The van der Waals surface area contributed by atoms with Gasteiger partial charge in [0.05, 0.1) is 18.1 Å². The molecule has 1 aliphatic rings. The molecule has 0 amide bonds. The number of piperidine rings is 1. The van der Waals surface area contributed by atoms with Gasteiger partial charge in [-0.15, -0.1) is 0 Å². The largest absolute Gasteiger partial charge is 0.497 e. The van der Waals surface area contributed by atoms with Gasteiger partial charge in [0.1, 0.15) is 29.4 Å². The molecule has 0 aliphatic carbocycles. The Hall–Kier alpha value is -2.79. The number of fused-ring (bicyclic) bond motifs is 1. The number of hydrogen-bond donors (Lipinski definition) is 0. The Labute approximate surface area is 170 Å². The monoisotopic (exact) mass is 393 g/mol. The minimum Gasteiger partial charge on any atom is -0.497 e. The van der Waals surface area contributed by atoms with Gasteiger partial charge in [0.25, 0.3) is 0 Å². The molecule has 0 N–H and O–H groups in total. The molecule has 3 aromatic rings. The second-order valence-corrected chi connectivity index (χ2v) is 7.50. The first kappa shape index (κ1) is 19.5. The van der Waals surface area contributed by atoms with Gasteiger partial charge in [-0.05, 0) is 62.7 Å². The van der Waals surface area contributed by atoms with Crippen LogP contribution in [0, 0.1) is 6.92 Å². The van der Waals surface area contributed by atoms with Crippen molar-refractivity contribution < 1.29 is 13.9 Å². The number of methoxy groups -OCH3 is 1. The van der Waals surface area contributed by atoms with Crippen LogP contribution in [0.15, 0.2) is 51.7 Å². The van der Waals surface area contributed by atoms with E-state index in [1.54, 1.807) is 13.2 Å². The highest BCUT2D eigenvalue weighted by atomic mass is 16.5. The van der Waals surface area contributed by atoms with Crippen molar-refractivity contribution in [3.05, 3.63) is 58.4 Å². The SMILES string of the molecule is COc1ccc(-c2c(C)oc3cc(OCCN4CCCCC4)ccc3c2=O)cc1. The lowest BCUT2D eigenvalue weighted by molar-refractivity contribution is 0.183. The summed E-state index contributed by atoms with van der Waals surface area (Å²) in [6, 6.07) is 12.9. The van der Waals surface area contributed by atoms with Gasteiger partial charge < -0.3 is 13.9 Å². The Balaban J connectivity index is 1.55. The van der Waals surface area contributed by atoms with Crippen molar-refractivity contribution in [1.29, 1.82) is 0 Å². The van der Waals surface area contributed by atoms with E-state index in [0.29, 0.717) is 28.9 Å². The summed E-state index contributed by atoms with van der Waals surface area (Å²) in [5.41, 5.74) is 1.92. The molecule has 0 radical (unpaired) electrons. The minimum atomic E-state index is -0.0335. The number of hydrogen-bond acceptors (Lipinski definition) is 5. The third-order valence-electron chi connectivity index (χ3n) is 5.54. The lowest BCUT2D eigenvalue weighted by Crippen LogP contribution is -2.33. The summed E-state index contributed by atoms with van der Waals surface area (Å²) in [7, 11) is 1.62. The van der Waals surface area contributed by atoms with Gasteiger partial charge in [-0.3, -0.25) is 9.69 Å². The van der Waals surface area contributed by atoms with Crippen LogP contribution in [-0.2, 0) is 0 Å². The van der Waals surface area contributed by atoms with E-state index in [1.807, 2.05) is 43.3 Å². The van der Waals surface area contributed by atoms with E-state index in [0.717, 1.165) is 36.7 Å². The van der Waals surface area contributed by atoms with E-state index >= 15 is 0 Å². The van der Waals surface area contributed by atoms with Crippen molar-refractivity contribution in [2.45, 2.75) is 26.2 Å². The molecular formula is C24H27NO4. The topological polar surface area (TPSA) is 51.9 Å². The molecule has 2 heterocycles. The van der Waals surface area contributed by atoms with Crippen molar-refractivity contribution in [2.75, 3.05) is 33.4 Å². The molecule has 1 aliphatic heterocycles. The molecule has 5 heteroatoms. The van der Waals surface area contributed by atoms with Crippen molar-refractivity contribution in [1.82, 2.24) is 4.90 Å². The summed E-state index contributed by atoms with van der Waals surface area (Å²) < 4.78 is 17.1. The van der Waals surface area contributed by atoms with E-state index in [9.17, 15) is 4.79 Å². The van der Waals surface area contributed by atoms with Crippen LogP contribution in [0.1, 0.15) is 25.0 Å². The summed E-state index contributed by atoms with van der Waals surface area (Å²) >= 11 is 0. The molecule has 4 rings (SSSR count). The molecule has 5 nitrogen and oxygen atoms in total. The van der Waals surface area contributed by atoms with E-state index in [-0.39, 0.29) is 5.43 Å². The first-order valence-corrected chi connectivity index (χ1v) is 10.2. The lowest BCUT2D eigenvalue weighted by Gasteiger charge is -2.26. The van der Waals surface area contributed by atoms with Gasteiger partial charge in [0.15, 0.2) is 0 Å². The molecule has 0 bridgehead atoms. The summed E-state index contributed by atoms with van der Waals surface area (Å²) in [5.74, 6) is 2.08. The van der Waals surface area contributed by atoms with Crippen LogP contribution in [-0.4, -0.2) is 38.3 Å². The fourth-order valence-corrected chi connectivity index (χ4v) is 3.94. The first-order chi connectivity index (χ1) is 14.2. The van der Waals surface area contributed by atoms with E-state index in [4.69, 9.17) is 13.9 Å². The van der Waals surface area contributed by atoms with Gasteiger partial charge in [-0.25, -0.2) is 0 Å². The van der Waals surface area contributed by atoms with Gasteiger partial charge in [-0.1, -0.05) is 18.6 Å². The smallest absolute Gasteiger partial charge is 0.200 e. The van der Waals surface area contributed by atoms with Crippen LogP contribution >= 0.6 is 0 Å². The zero-order valence-electron chi connectivity index (χ0n) is 17.1. The molecule has 1 aromatic heterocycles. The van der Waals surface area contributed by atoms with Crippen LogP contribution in [0.2, 0.25) is 0 Å². The van der Waals surface area contributed by atoms with Crippen molar-refractivity contribution >= 4 is 11.0 Å². The summed E-state index contributed by atoms with van der Waals surface area (Å²) in [4.78, 5) is 15.5. The standard InChI is InChI=1S/C24H27NO4/c1-17-23(18-6-8-19(27-2)9-7-18)24(26)21-11-10-20(16-22(21)29-17)28-15-14-25-12-4-3-5-13-25/h6-11,16H,3-5,12-15H2,1-2H3. The Morgan fingerprint density at radius 2 is 1.72 bits per heavy atom. The Morgan fingerprint density at radius 1 is 1.00 bits per heavy atom. The fraction of sp³-hybridized carbons (Fsp3) is 0.375. The number of benzene rings is 2. The van der Waals surface area contributed by atoms with Crippen LogP contribution in [0.4, 0.5) is 0 Å². The average Bonchev–Trinajstić information content (AvgIpc) is 2.75. The van der Waals surface area contributed by atoms with Gasteiger partial charge in [0, 0.05) is 12.6 Å². The Kier molecular flexibility index (Phi) is 5.86. The molecule has 0 unspecified atom stereocenters. The Bertz CT molecular complexity index is 1030. The fourth-order valence-electron chi connectivity index (χ4n) is 3.94. The quantitative estimate of drug-likeness (QED) is 0.611. The molecule has 2 aromatic carbocycles. The maximum absolute atomic E-state index is 13.1. The maximum Gasteiger partial charge on any atom is 0.200 e. The molecule has 0 atom stereocenters. The zero-order valence-corrected chi connectivity index (χ0v) is 17.1. The number of nitrogens with zero attached hydrogens (tertiary/aromatic N) is 1. The third kappa shape index (κ3) is 4.30. The molecule has 0 spiro atoms. The summed E-state index contributed by atoms with van der Waals surface area (Å²) in [6.45, 7) is 5.70. The van der Waals surface area contributed by atoms with Crippen LogP contribution in [0.5, 0.6) is 11.5 Å². The molecule has 29 heavy (non-hydrogen) atoms. The summed E-state index contributed by atoms with van der Waals surface area (Å²) in [5, 5.41) is 0.560. The van der Waals surface area contributed by atoms with Crippen molar-refractivity contribution in [3.8, 4) is 22.6 Å². The number of aryl methyl sites for hydroxylation is 1. The first-order valence-electron chi connectivity index (χ1n) is 10.2. The minimum absolute atomic E-state index is 0.0335. The maximum atomic E-state index is 13.1. The molecule has 1 fully saturated rings. The van der Waals surface area contributed by atoms with Gasteiger partial charge in [-0.2, -0.15) is 0 Å². The molecule has 1 saturated heterocycles. The van der Waals surface area contributed by atoms with Gasteiger partial charge >= 0.3 is 0 Å². The highest BCUT2D eigenvalue weighted by Gasteiger charge is 2.15. The van der Waals surface area contributed by atoms with E-state index < -0.39 is 0 Å². The highest BCUT2D eigenvalue weighted by molar-refractivity contribution is 5.83. The predicted molar refractivity (Wildman–Crippen MR) is 115 cm³/mol. The van der Waals surface area contributed by atoms with Gasteiger partial charge in [0.2, 0.25) is 5.43 Å². The van der Waals surface area contributed by atoms with Crippen molar-refractivity contribution in [3.63, 3.8) is 0 Å².